The van der Waals surface area contributed by atoms with E-state index in [9.17, 15) is 0 Å². The number of nitrogen functional groups attached to an aromatic ring is 1. The number of rotatable bonds is 4. The average Bonchev–Trinajstić information content (AvgIpc) is 2.39. The molecule has 6 heteroatoms. The summed E-state index contributed by atoms with van der Waals surface area (Å²) in [5.74, 6) is 6.92. The van der Waals surface area contributed by atoms with Gasteiger partial charge in [-0.2, -0.15) is 0 Å². The fraction of sp³-hybridized carbons (Fsp3) is 0.667. The Bertz CT molecular complexity index is 386. The van der Waals surface area contributed by atoms with Gasteiger partial charge in [0, 0.05) is 37.9 Å². The van der Waals surface area contributed by atoms with E-state index in [2.05, 4.69) is 32.1 Å². The number of likely N-dealkylation sites (N-methyl/N-ethyl adjacent to an activating group) is 1. The van der Waals surface area contributed by atoms with Crippen LogP contribution in [0.4, 0.5) is 5.82 Å². The van der Waals surface area contributed by atoms with Crippen LogP contribution in [0.1, 0.15) is 18.4 Å². The number of hydrazine groups is 1. The summed E-state index contributed by atoms with van der Waals surface area (Å²) in [6.07, 6.45) is 0. The minimum Gasteiger partial charge on any atom is -0.308 e. The molecule has 100 valence electrons. The van der Waals surface area contributed by atoms with Crippen LogP contribution in [0, 0.1) is 6.92 Å². The zero-order valence-corrected chi connectivity index (χ0v) is 11.2. The molecule has 0 aromatic carbocycles. The summed E-state index contributed by atoms with van der Waals surface area (Å²) in [6.45, 7) is 10.5. The molecule has 3 N–H and O–H groups in total. The zero-order chi connectivity index (χ0) is 13.0. The second-order valence-electron chi connectivity index (χ2n) is 4.67. The molecule has 0 radical (unpaired) electrons. The lowest BCUT2D eigenvalue weighted by molar-refractivity contribution is 0.129. The topological polar surface area (TPSA) is 70.3 Å². The highest BCUT2D eigenvalue weighted by molar-refractivity contribution is 5.33. The van der Waals surface area contributed by atoms with Crippen LogP contribution < -0.4 is 11.3 Å². The summed E-state index contributed by atoms with van der Waals surface area (Å²) in [6, 6.07) is 1.85. The lowest BCUT2D eigenvalue weighted by atomic mass is 10.3. The Balaban J connectivity index is 1.95. The molecule has 2 heterocycles. The third-order valence-corrected chi connectivity index (χ3v) is 3.33. The van der Waals surface area contributed by atoms with Gasteiger partial charge in [0.2, 0.25) is 0 Å². The number of anilines is 1. The van der Waals surface area contributed by atoms with E-state index in [1.807, 2.05) is 13.0 Å². The second-order valence-corrected chi connectivity index (χ2v) is 4.67. The molecule has 0 amide bonds. The van der Waals surface area contributed by atoms with Gasteiger partial charge in [-0.3, -0.25) is 4.90 Å². The van der Waals surface area contributed by atoms with Gasteiger partial charge in [-0.05, 0) is 13.5 Å². The van der Waals surface area contributed by atoms with E-state index in [1.165, 1.54) is 0 Å². The monoisotopic (exact) mass is 250 g/mol. The molecule has 1 aromatic heterocycles. The lowest BCUT2D eigenvalue weighted by Crippen LogP contribution is -2.45. The molecule has 1 fully saturated rings. The SMILES string of the molecule is CCN1CCN(Cc2nc(C)cc(NN)n2)CC1. The predicted octanol–water partition coefficient (Wildman–Crippen LogP) is 0.208. The van der Waals surface area contributed by atoms with Crippen LogP contribution in [0.2, 0.25) is 0 Å². The van der Waals surface area contributed by atoms with Crippen molar-refractivity contribution in [1.29, 1.82) is 0 Å². The van der Waals surface area contributed by atoms with Crippen LogP contribution in [0.25, 0.3) is 0 Å². The van der Waals surface area contributed by atoms with Crippen molar-refractivity contribution in [1.82, 2.24) is 19.8 Å². The van der Waals surface area contributed by atoms with E-state index in [0.717, 1.165) is 50.8 Å². The van der Waals surface area contributed by atoms with Crippen molar-refractivity contribution in [2.24, 2.45) is 5.84 Å². The number of nitrogens with one attached hydrogen (secondary N) is 1. The molecule has 2 rings (SSSR count). The first-order valence-corrected chi connectivity index (χ1v) is 6.47. The summed E-state index contributed by atoms with van der Waals surface area (Å²) in [7, 11) is 0. The van der Waals surface area contributed by atoms with Gasteiger partial charge in [-0.25, -0.2) is 15.8 Å². The summed E-state index contributed by atoms with van der Waals surface area (Å²) in [5.41, 5.74) is 3.53. The third kappa shape index (κ3) is 3.38. The first-order chi connectivity index (χ1) is 8.71. The summed E-state index contributed by atoms with van der Waals surface area (Å²) in [5, 5.41) is 0. The molecule has 0 bridgehead atoms. The van der Waals surface area contributed by atoms with Crippen molar-refractivity contribution in [3.63, 3.8) is 0 Å². The fourth-order valence-electron chi connectivity index (χ4n) is 2.24. The number of nitrogens with zero attached hydrogens (tertiary/aromatic N) is 4. The van der Waals surface area contributed by atoms with E-state index in [4.69, 9.17) is 5.84 Å². The number of aryl methyl sites for hydroxylation is 1. The minimum atomic E-state index is 0.685. The van der Waals surface area contributed by atoms with Crippen molar-refractivity contribution in [2.75, 3.05) is 38.1 Å². The van der Waals surface area contributed by atoms with Gasteiger partial charge in [0.15, 0.2) is 0 Å². The largest absolute Gasteiger partial charge is 0.308 e. The van der Waals surface area contributed by atoms with E-state index in [-0.39, 0.29) is 0 Å². The number of aromatic nitrogens is 2. The van der Waals surface area contributed by atoms with Crippen molar-refractivity contribution in [3.8, 4) is 0 Å². The molecule has 0 aliphatic carbocycles. The molecule has 0 unspecified atom stereocenters. The number of piperazine rings is 1. The van der Waals surface area contributed by atoms with Crippen LogP contribution in [-0.2, 0) is 6.54 Å². The van der Waals surface area contributed by atoms with Gasteiger partial charge in [-0.1, -0.05) is 6.92 Å². The number of hydrogen-bond acceptors (Lipinski definition) is 6. The number of nitrogens with two attached hydrogens (primary N) is 1. The summed E-state index contributed by atoms with van der Waals surface area (Å²) in [4.78, 5) is 13.7. The van der Waals surface area contributed by atoms with Crippen molar-refractivity contribution >= 4 is 5.82 Å². The molecule has 0 spiro atoms. The predicted molar refractivity (Wildman–Crippen MR) is 72.0 cm³/mol. The average molecular weight is 250 g/mol. The molecule has 0 saturated carbocycles. The van der Waals surface area contributed by atoms with E-state index < -0.39 is 0 Å². The van der Waals surface area contributed by atoms with Gasteiger partial charge in [0.25, 0.3) is 0 Å². The normalized spacial score (nSPS) is 17.9. The van der Waals surface area contributed by atoms with E-state index in [1.54, 1.807) is 0 Å². The van der Waals surface area contributed by atoms with E-state index in [0.29, 0.717) is 5.82 Å². The number of hydrogen-bond donors (Lipinski definition) is 2. The quantitative estimate of drug-likeness (QED) is 0.588. The van der Waals surface area contributed by atoms with Gasteiger partial charge >= 0.3 is 0 Å². The minimum absolute atomic E-state index is 0.685. The molecule has 1 aliphatic heterocycles. The molecule has 0 atom stereocenters. The standard InChI is InChI=1S/C12H22N6/c1-3-17-4-6-18(7-5-17)9-12-14-10(2)8-11(15-12)16-13/h8H,3-7,9,13H2,1-2H3,(H,14,15,16). The maximum absolute atomic E-state index is 5.40. The first-order valence-electron chi connectivity index (χ1n) is 6.47. The van der Waals surface area contributed by atoms with E-state index >= 15 is 0 Å². The Hall–Kier alpha value is -1.24. The van der Waals surface area contributed by atoms with Crippen LogP contribution in [0.5, 0.6) is 0 Å². The second kappa shape index (κ2) is 6.08. The first kappa shape index (κ1) is 13.2. The highest BCUT2D eigenvalue weighted by atomic mass is 15.3. The molecule has 1 saturated heterocycles. The maximum atomic E-state index is 5.40. The van der Waals surface area contributed by atoms with Crippen molar-refractivity contribution in [2.45, 2.75) is 20.4 Å². The van der Waals surface area contributed by atoms with Crippen molar-refractivity contribution < 1.29 is 0 Å². The Kier molecular flexibility index (Phi) is 4.46. The van der Waals surface area contributed by atoms with Crippen LogP contribution in [0.3, 0.4) is 0 Å². The van der Waals surface area contributed by atoms with Gasteiger partial charge in [0.1, 0.15) is 11.6 Å². The highest BCUT2D eigenvalue weighted by Crippen LogP contribution is 2.09. The van der Waals surface area contributed by atoms with Crippen LogP contribution >= 0.6 is 0 Å². The van der Waals surface area contributed by atoms with Gasteiger partial charge in [-0.15, -0.1) is 0 Å². The van der Waals surface area contributed by atoms with Gasteiger partial charge < -0.3 is 10.3 Å². The summed E-state index contributed by atoms with van der Waals surface area (Å²) >= 11 is 0. The molecule has 1 aliphatic rings. The molecular weight excluding hydrogens is 228 g/mol. The fourth-order valence-corrected chi connectivity index (χ4v) is 2.24. The molecule has 6 nitrogen and oxygen atoms in total. The maximum Gasteiger partial charge on any atom is 0.145 e. The Morgan fingerprint density at radius 3 is 2.50 bits per heavy atom. The van der Waals surface area contributed by atoms with Crippen LogP contribution in [0.15, 0.2) is 6.07 Å². The summed E-state index contributed by atoms with van der Waals surface area (Å²) < 4.78 is 0. The van der Waals surface area contributed by atoms with Gasteiger partial charge in [0.05, 0.1) is 6.54 Å². The van der Waals surface area contributed by atoms with Crippen LogP contribution in [-0.4, -0.2) is 52.5 Å². The zero-order valence-electron chi connectivity index (χ0n) is 11.2. The Labute approximate surface area is 108 Å². The third-order valence-electron chi connectivity index (χ3n) is 3.33. The Morgan fingerprint density at radius 1 is 1.22 bits per heavy atom. The lowest BCUT2D eigenvalue weighted by Gasteiger charge is -2.33. The molecule has 1 aromatic rings. The molecule has 18 heavy (non-hydrogen) atoms. The smallest absolute Gasteiger partial charge is 0.145 e. The Morgan fingerprint density at radius 2 is 1.89 bits per heavy atom. The van der Waals surface area contributed by atoms with Crippen molar-refractivity contribution in [3.05, 3.63) is 17.6 Å². The highest BCUT2D eigenvalue weighted by Gasteiger charge is 2.16. The molecular formula is C12H22N6.